The molecule has 30 heavy (non-hydrogen) atoms. The first-order valence-corrected chi connectivity index (χ1v) is 10.0. The van der Waals surface area contributed by atoms with Crippen LogP contribution >= 0.6 is 11.6 Å². The summed E-state index contributed by atoms with van der Waals surface area (Å²) >= 11 is 5.93. The Morgan fingerprint density at radius 1 is 1.03 bits per heavy atom. The van der Waals surface area contributed by atoms with Crippen molar-refractivity contribution in [2.45, 2.75) is 19.9 Å². The first-order valence-electron chi connectivity index (χ1n) is 9.63. The van der Waals surface area contributed by atoms with Crippen molar-refractivity contribution in [2.75, 3.05) is 0 Å². The van der Waals surface area contributed by atoms with Gasteiger partial charge < -0.3 is 5.32 Å². The van der Waals surface area contributed by atoms with Crippen LogP contribution in [0.2, 0.25) is 5.02 Å². The van der Waals surface area contributed by atoms with E-state index in [0.717, 1.165) is 23.2 Å². The number of nitrogens with one attached hydrogen (secondary N) is 1. The molecule has 0 saturated carbocycles. The summed E-state index contributed by atoms with van der Waals surface area (Å²) in [6.45, 7) is 2.46. The minimum Gasteiger partial charge on any atom is -0.346 e. The molecule has 4 rings (SSSR count). The lowest BCUT2D eigenvalue weighted by molar-refractivity contribution is 0.0946. The zero-order valence-corrected chi connectivity index (χ0v) is 17.2. The Kier molecular flexibility index (Phi) is 5.86. The second-order valence-corrected chi connectivity index (χ2v) is 7.20. The summed E-state index contributed by atoms with van der Waals surface area (Å²) in [5, 5.41) is 12.1. The molecule has 0 aliphatic heterocycles. The van der Waals surface area contributed by atoms with Crippen molar-refractivity contribution in [1.82, 2.24) is 25.3 Å². The predicted octanol–water partition coefficient (Wildman–Crippen LogP) is 4.48. The Bertz CT molecular complexity index is 1160. The minimum atomic E-state index is -0.297. The highest BCUT2D eigenvalue weighted by Crippen LogP contribution is 2.25. The van der Waals surface area contributed by atoms with E-state index >= 15 is 0 Å². The number of carbonyl (C=O) groups is 1. The van der Waals surface area contributed by atoms with E-state index in [2.05, 4.69) is 39.7 Å². The fourth-order valence-electron chi connectivity index (χ4n) is 3.16. The summed E-state index contributed by atoms with van der Waals surface area (Å²) < 4.78 is 1.70. The third-order valence-corrected chi connectivity index (χ3v) is 5.02. The summed E-state index contributed by atoms with van der Waals surface area (Å²) in [7, 11) is 0. The largest absolute Gasteiger partial charge is 0.346 e. The van der Waals surface area contributed by atoms with Crippen LogP contribution in [0.5, 0.6) is 0 Å². The van der Waals surface area contributed by atoms with E-state index in [0.29, 0.717) is 17.3 Å². The lowest BCUT2D eigenvalue weighted by atomic mass is 10.1. The van der Waals surface area contributed by atoms with Crippen LogP contribution in [0.15, 0.2) is 73.1 Å². The van der Waals surface area contributed by atoms with E-state index in [1.54, 1.807) is 29.2 Å². The zero-order chi connectivity index (χ0) is 20.9. The van der Waals surface area contributed by atoms with Gasteiger partial charge in [0.2, 0.25) is 0 Å². The van der Waals surface area contributed by atoms with Gasteiger partial charge in [0.05, 0.1) is 5.69 Å². The Hall–Kier alpha value is -3.51. The van der Waals surface area contributed by atoms with Crippen molar-refractivity contribution in [1.29, 1.82) is 0 Å². The van der Waals surface area contributed by atoms with Gasteiger partial charge in [0.15, 0.2) is 5.69 Å². The summed E-state index contributed by atoms with van der Waals surface area (Å²) in [6, 6.07) is 19.1. The SMILES string of the molecule is CCc1cccc(-n2nnc(C(=O)NCc3ccc(Cl)cc3)c2-c2ccncc2)c1. The third-order valence-electron chi connectivity index (χ3n) is 4.77. The van der Waals surface area contributed by atoms with Crippen molar-refractivity contribution in [2.24, 2.45) is 0 Å². The van der Waals surface area contributed by atoms with Crippen LogP contribution in [-0.4, -0.2) is 25.9 Å². The van der Waals surface area contributed by atoms with E-state index in [1.165, 1.54) is 5.56 Å². The van der Waals surface area contributed by atoms with E-state index in [4.69, 9.17) is 11.6 Å². The van der Waals surface area contributed by atoms with Gasteiger partial charge in [-0.25, -0.2) is 4.68 Å². The molecule has 2 heterocycles. The number of hydrogen-bond acceptors (Lipinski definition) is 4. The number of benzene rings is 2. The molecule has 6 nitrogen and oxygen atoms in total. The van der Waals surface area contributed by atoms with Crippen LogP contribution in [0, 0.1) is 0 Å². The molecular weight excluding hydrogens is 398 g/mol. The Morgan fingerprint density at radius 3 is 2.53 bits per heavy atom. The van der Waals surface area contributed by atoms with Crippen LogP contribution in [0.4, 0.5) is 0 Å². The second kappa shape index (κ2) is 8.88. The average Bonchev–Trinajstić information content (AvgIpc) is 3.24. The number of aryl methyl sites for hydroxylation is 1. The van der Waals surface area contributed by atoms with Crippen LogP contribution < -0.4 is 5.32 Å². The third kappa shape index (κ3) is 4.23. The topological polar surface area (TPSA) is 72.7 Å². The van der Waals surface area contributed by atoms with Gasteiger partial charge in [0.1, 0.15) is 5.69 Å². The first-order chi connectivity index (χ1) is 14.7. The van der Waals surface area contributed by atoms with E-state index in [1.807, 2.05) is 36.4 Å². The number of aromatic nitrogens is 4. The summed E-state index contributed by atoms with van der Waals surface area (Å²) in [5.41, 5.74) is 4.67. The smallest absolute Gasteiger partial charge is 0.274 e. The van der Waals surface area contributed by atoms with E-state index < -0.39 is 0 Å². The highest BCUT2D eigenvalue weighted by atomic mass is 35.5. The molecule has 0 saturated heterocycles. The van der Waals surface area contributed by atoms with Crippen molar-refractivity contribution < 1.29 is 4.79 Å². The van der Waals surface area contributed by atoms with Gasteiger partial charge in [-0.1, -0.05) is 48.0 Å². The maximum Gasteiger partial charge on any atom is 0.274 e. The molecule has 1 N–H and O–H groups in total. The molecule has 0 radical (unpaired) electrons. The van der Waals surface area contributed by atoms with Gasteiger partial charge >= 0.3 is 0 Å². The molecule has 1 amide bonds. The number of carbonyl (C=O) groups excluding carboxylic acids is 1. The van der Waals surface area contributed by atoms with Crippen molar-refractivity contribution in [3.63, 3.8) is 0 Å². The molecule has 4 aromatic rings. The second-order valence-electron chi connectivity index (χ2n) is 6.77. The highest BCUT2D eigenvalue weighted by Gasteiger charge is 2.22. The molecule has 0 bridgehead atoms. The van der Waals surface area contributed by atoms with Gasteiger partial charge in [-0.05, 0) is 53.9 Å². The molecule has 2 aromatic heterocycles. The van der Waals surface area contributed by atoms with Crippen LogP contribution in [0.3, 0.4) is 0 Å². The van der Waals surface area contributed by atoms with Gasteiger partial charge in [-0.3, -0.25) is 9.78 Å². The summed E-state index contributed by atoms with van der Waals surface area (Å²) in [4.78, 5) is 17.1. The molecule has 0 unspecified atom stereocenters. The molecule has 7 heteroatoms. The van der Waals surface area contributed by atoms with Gasteiger partial charge in [0, 0.05) is 29.5 Å². The van der Waals surface area contributed by atoms with E-state index in [9.17, 15) is 4.79 Å². The Morgan fingerprint density at radius 2 is 1.80 bits per heavy atom. The fourth-order valence-corrected chi connectivity index (χ4v) is 3.29. The van der Waals surface area contributed by atoms with Crippen LogP contribution in [0.1, 0.15) is 28.5 Å². The lowest BCUT2D eigenvalue weighted by Gasteiger charge is -2.10. The number of halogens is 1. The standard InChI is InChI=1S/C23H20ClN5O/c1-2-16-4-3-5-20(14-16)29-22(18-10-12-25-13-11-18)21(27-28-29)23(30)26-15-17-6-8-19(24)9-7-17/h3-14H,2,15H2,1H3,(H,26,30). The number of hydrogen-bond donors (Lipinski definition) is 1. The van der Waals surface area contributed by atoms with Crippen molar-refractivity contribution in [3.8, 4) is 16.9 Å². The van der Waals surface area contributed by atoms with Crippen molar-refractivity contribution in [3.05, 3.63) is 94.9 Å². The van der Waals surface area contributed by atoms with E-state index in [-0.39, 0.29) is 11.6 Å². The van der Waals surface area contributed by atoms with Gasteiger partial charge in [-0.2, -0.15) is 0 Å². The maximum atomic E-state index is 13.0. The van der Waals surface area contributed by atoms with Gasteiger partial charge in [0.25, 0.3) is 5.91 Å². The predicted molar refractivity (Wildman–Crippen MR) is 117 cm³/mol. The molecule has 0 atom stereocenters. The number of rotatable bonds is 6. The fraction of sp³-hybridized carbons (Fsp3) is 0.130. The monoisotopic (exact) mass is 417 g/mol. The molecule has 150 valence electrons. The average molecular weight is 418 g/mol. The summed E-state index contributed by atoms with van der Waals surface area (Å²) in [6.07, 6.45) is 4.27. The number of pyridine rings is 1. The molecule has 0 fully saturated rings. The minimum absolute atomic E-state index is 0.261. The summed E-state index contributed by atoms with van der Waals surface area (Å²) in [5.74, 6) is -0.297. The molecule has 2 aromatic carbocycles. The normalized spacial score (nSPS) is 10.7. The number of nitrogens with zero attached hydrogens (tertiary/aromatic N) is 4. The molecule has 0 aliphatic carbocycles. The number of amides is 1. The van der Waals surface area contributed by atoms with Crippen LogP contribution in [0.25, 0.3) is 16.9 Å². The van der Waals surface area contributed by atoms with Crippen molar-refractivity contribution >= 4 is 17.5 Å². The maximum absolute atomic E-state index is 13.0. The highest BCUT2D eigenvalue weighted by molar-refractivity contribution is 6.30. The molecular formula is C23H20ClN5O. The van der Waals surface area contributed by atoms with Gasteiger partial charge in [-0.15, -0.1) is 5.10 Å². The molecule has 0 spiro atoms. The Balaban J connectivity index is 1.69. The first kappa shape index (κ1) is 19.8. The lowest BCUT2D eigenvalue weighted by Crippen LogP contribution is -2.24. The Labute approximate surface area is 179 Å². The van der Waals surface area contributed by atoms with Crippen LogP contribution in [-0.2, 0) is 13.0 Å². The zero-order valence-electron chi connectivity index (χ0n) is 16.4. The molecule has 0 aliphatic rings. The quantitative estimate of drug-likeness (QED) is 0.502.